The first-order chi connectivity index (χ1) is 9.51. The number of hydrogen-bond donors (Lipinski definition) is 1. The number of halogens is 4. The lowest BCUT2D eigenvalue weighted by Gasteiger charge is -2.08. The Morgan fingerprint density at radius 2 is 1.90 bits per heavy atom. The Morgan fingerprint density at radius 1 is 1.15 bits per heavy atom. The normalized spacial score (nSPS) is 10.4. The number of benzene rings is 2. The van der Waals surface area contributed by atoms with Crippen molar-refractivity contribution in [1.29, 1.82) is 0 Å². The third-order valence-corrected chi connectivity index (χ3v) is 2.89. The minimum atomic E-state index is -1.37. The Balaban J connectivity index is 2.27. The first-order valence-corrected chi connectivity index (χ1v) is 6.15. The molecule has 1 N–H and O–H groups in total. The summed E-state index contributed by atoms with van der Waals surface area (Å²) in [7, 11) is 0. The molecule has 1 amide bonds. The molecule has 0 unspecified atom stereocenters. The van der Waals surface area contributed by atoms with Gasteiger partial charge in [0.25, 0.3) is 5.91 Å². The van der Waals surface area contributed by atoms with Gasteiger partial charge >= 0.3 is 0 Å². The Labute approximate surface area is 118 Å². The van der Waals surface area contributed by atoms with E-state index in [9.17, 15) is 18.0 Å². The van der Waals surface area contributed by atoms with Crippen LogP contribution >= 0.6 is 11.6 Å². The van der Waals surface area contributed by atoms with Crippen molar-refractivity contribution < 1.29 is 18.0 Å². The molecule has 0 fully saturated rings. The molecule has 2 aromatic rings. The molecular weight excluding hydrogens is 291 g/mol. The van der Waals surface area contributed by atoms with E-state index in [0.717, 1.165) is 0 Å². The van der Waals surface area contributed by atoms with Crippen LogP contribution in [0.15, 0.2) is 36.4 Å². The second-order valence-electron chi connectivity index (χ2n) is 4.04. The van der Waals surface area contributed by atoms with Crippen molar-refractivity contribution in [2.45, 2.75) is 5.88 Å². The van der Waals surface area contributed by atoms with Crippen LogP contribution in [0.25, 0.3) is 0 Å². The summed E-state index contributed by atoms with van der Waals surface area (Å²) in [6.07, 6.45) is 0. The van der Waals surface area contributed by atoms with Gasteiger partial charge in [-0.3, -0.25) is 4.79 Å². The third-order valence-electron chi connectivity index (χ3n) is 2.58. The predicted octanol–water partition coefficient (Wildman–Crippen LogP) is 4.10. The van der Waals surface area contributed by atoms with Crippen LogP contribution in [0, 0.1) is 17.5 Å². The SMILES string of the molecule is O=C(Nc1cc(F)cc(F)c1F)c1cccc(CCl)c1. The van der Waals surface area contributed by atoms with Gasteiger partial charge in [-0.05, 0) is 17.7 Å². The second kappa shape index (κ2) is 5.96. The lowest BCUT2D eigenvalue weighted by molar-refractivity contribution is 0.102. The molecule has 6 heteroatoms. The van der Waals surface area contributed by atoms with Crippen LogP contribution in [0.4, 0.5) is 18.9 Å². The lowest BCUT2D eigenvalue weighted by Crippen LogP contribution is -2.14. The minimum absolute atomic E-state index is 0.212. The Morgan fingerprint density at radius 3 is 2.60 bits per heavy atom. The molecule has 0 heterocycles. The maximum atomic E-state index is 13.4. The molecular formula is C14H9ClF3NO. The molecule has 20 heavy (non-hydrogen) atoms. The molecule has 0 aromatic heterocycles. The van der Waals surface area contributed by atoms with Gasteiger partial charge in [0.2, 0.25) is 0 Å². The number of carbonyl (C=O) groups excluding carboxylic acids is 1. The molecule has 2 aromatic carbocycles. The van der Waals surface area contributed by atoms with Crippen LogP contribution in [0.1, 0.15) is 15.9 Å². The first-order valence-electron chi connectivity index (χ1n) is 5.62. The van der Waals surface area contributed by atoms with Gasteiger partial charge in [-0.15, -0.1) is 11.6 Å². The number of nitrogens with one attached hydrogen (secondary N) is 1. The van der Waals surface area contributed by atoms with E-state index in [1.165, 1.54) is 12.1 Å². The third kappa shape index (κ3) is 3.11. The summed E-state index contributed by atoms with van der Waals surface area (Å²) < 4.78 is 39.5. The first kappa shape index (κ1) is 14.4. The number of amides is 1. The lowest BCUT2D eigenvalue weighted by atomic mass is 10.1. The fourth-order valence-corrected chi connectivity index (χ4v) is 1.80. The number of hydrogen-bond acceptors (Lipinski definition) is 1. The molecule has 0 saturated heterocycles. The predicted molar refractivity (Wildman–Crippen MR) is 70.3 cm³/mol. The van der Waals surface area contributed by atoms with Gasteiger partial charge in [-0.2, -0.15) is 0 Å². The van der Waals surface area contributed by atoms with Crippen LogP contribution in [-0.4, -0.2) is 5.91 Å². The van der Waals surface area contributed by atoms with E-state index in [-0.39, 0.29) is 11.4 Å². The molecule has 2 rings (SSSR count). The fourth-order valence-electron chi connectivity index (χ4n) is 1.64. The molecule has 2 nitrogen and oxygen atoms in total. The van der Waals surface area contributed by atoms with Crippen LogP contribution in [0.5, 0.6) is 0 Å². The van der Waals surface area contributed by atoms with E-state index < -0.39 is 29.0 Å². The largest absolute Gasteiger partial charge is 0.319 e. The average molecular weight is 300 g/mol. The van der Waals surface area contributed by atoms with Gasteiger partial charge < -0.3 is 5.32 Å². The molecule has 0 aliphatic carbocycles. The van der Waals surface area contributed by atoms with Crippen molar-refractivity contribution in [1.82, 2.24) is 0 Å². The van der Waals surface area contributed by atoms with Gasteiger partial charge in [0.1, 0.15) is 5.82 Å². The molecule has 0 saturated carbocycles. The Hall–Kier alpha value is -2.01. The van der Waals surface area contributed by atoms with Crippen molar-refractivity contribution in [3.63, 3.8) is 0 Å². The summed E-state index contributed by atoms with van der Waals surface area (Å²) in [6.45, 7) is 0. The number of alkyl halides is 1. The quantitative estimate of drug-likeness (QED) is 0.671. The highest BCUT2D eigenvalue weighted by Gasteiger charge is 2.14. The second-order valence-corrected chi connectivity index (χ2v) is 4.30. The maximum Gasteiger partial charge on any atom is 0.255 e. The highest BCUT2D eigenvalue weighted by atomic mass is 35.5. The van der Waals surface area contributed by atoms with E-state index in [0.29, 0.717) is 17.7 Å². The number of anilines is 1. The van der Waals surface area contributed by atoms with Gasteiger partial charge in [0.15, 0.2) is 11.6 Å². The van der Waals surface area contributed by atoms with Crippen molar-refractivity contribution in [2.24, 2.45) is 0 Å². The van der Waals surface area contributed by atoms with Gasteiger partial charge in [-0.25, -0.2) is 13.2 Å². The Kier molecular flexibility index (Phi) is 4.29. The van der Waals surface area contributed by atoms with E-state index in [4.69, 9.17) is 11.6 Å². The van der Waals surface area contributed by atoms with Crippen LogP contribution in [0.2, 0.25) is 0 Å². The van der Waals surface area contributed by atoms with E-state index >= 15 is 0 Å². The zero-order valence-corrected chi connectivity index (χ0v) is 10.8. The van der Waals surface area contributed by atoms with E-state index in [1.54, 1.807) is 12.1 Å². The number of carbonyl (C=O) groups is 1. The summed E-state index contributed by atoms with van der Waals surface area (Å²) >= 11 is 5.64. The monoisotopic (exact) mass is 299 g/mol. The molecule has 0 aliphatic heterocycles. The fraction of sp³-hybridized carbons (Fsp3) is 0.0714. The van der Waals surface area contributed by atoms with Gasteiger partial charge in [-0.1, -0.05) is 12.1 Å². The maximum absolute atomic E-state index is 13.4. The topological polar surface area (TPSA) is 29.1 Å². The number of rotatable bonds is 3. The van der Waals surface area contributed by atoms with E-state index in [2.05, 4.69) is 5.32 Å². The van der Waals surface area contributed by atoms with Crippen molar-refractivity contribution in [3.8, 4) is 0 Å². The molecule has 0 atom stereocenters. The molecule has 0 radical (unpaired) electrons. The summed E-state index contributed by atoms with van der Waals surface area (Å²) in [5.41, 5.74) is 0.362. The highest BCUT2D eigenvalue weighted by Crippen LogP contribution is 2.20. The van der Waals surface area contributed by atoms with E-state index in [1.807, 2.05) is 0 Å². The molecule has 104 valence electrons. The molecule has 0 aliphatic rings. The zero-order chi connectivity index (χ0) is 14.7. The molecule has 0 spiro atoms. The van der Waals surface area contributed by atoms with Crippen molar-refractivity contribution >= 4 is 23.2 Å². The van der Waals surface area contributed by atoms with Crippen LogP contribution in [-0.2, 0) is 5.88 Å². The van der Waals surface area contributed by atoms with Gasteiger partial charge in [0, 0.05) is 23.6 Å². The smallest absolute Gasteiger partial charge is 0.255 e. The summed E-state index contributed by atoms with van der Waals surface area (Å²) in [4.78, 5) is 11.9. The van der Waals surface area contributed by atoms with Crippen molar-refractivity contribution in [2.75, 3.05) is 5.32 Å². The minimum Gasteiger partial charge on any atom is -0.319 e. The summed E-state index contributed by atoms with van der Waals surface area (Å²) in [5.74, 6) is -4.12. The van der Waals surface area contributed by atoms with Gasteiger partial charge in [0.05, 0.1) is 5.69 Å². The highest BCUT2D eigenvalue weighted by molar-refractivity contribution is 6.17. The summed E-state index contributed by atoms with van der Waals surface area (Å²) in [6, 6.07) is 7.43. The van der Waals surface area contributed by atoms with Crippen molar-refractivity contribution in [3.05, 3.63) is 65.0 Å². The molecule has 0 bridgehead atoms. The standard InChI is InChI=1S/C14H9ClF3NO/c15-7-8-2-1-3-9(4-8)14(20)19-12-6-10(16)5-11(17)13(12)18/h1-6H,7H2,(H,19,20). The average Bonchev–Trinajstić information content (AvgIpc) is 2.44. The van der Waals surface area contributed by atoms with Crippen LogP contribution in [0.3, 0.4) is 0 Å². The Bertz CT molecular complexity index is 661. The van der Waals surface area contributed by atoms with Crippen LogP contribution < -0.4 is 5.32 Å². The summed E-state index contributed by atoms with van der Waals surface area (Å²) in [5, 5.41) is 2.12. The zero-order valence-electron chi connectivity index (χ0n) is 10.1.